The quantitative estimate of drug-likeness (QED) is 0.904. The molecule has 4 heteroatoms. The molecule has 0 spiro atoms. The van der Waals surface area contributed by atoms with Crippen molar-refractivity contribution in [1.82, 2.24) is 10.2 Å². The van der Waals surface area contributed by atoms with E-state index in [-0.39, 0.29) is 5.54 Å². The van der Waals surface area contributed by atoms with Gasteiger partial charge in [0.2, 0.25) is 0 Å². The molecular weight excluding hydrogens is 264 g/mol. The molecule has 1 saturated heterocycles. The van der Waals surface area contributed by atoms with Gasteiger partial charge in [-0.15, -0.1) is 0 Å². The van der Waals surface area contributed by atoms with Gasteiger partial charge >= 0.3 is 0 Å². The highest BCUT2D eigenvalue weighted by molar-refractivity contribution is 5.40. The minimum Gasteiger partial charge on any atom is -0.497 e. The van der Waals surface area contributed by atoms with Gasteiger partial charge < -0.3 is 14.8 Å². The molecule has 0 aliphatic carbocycles. The van der Waals surface area contributed by atoms with Crippen molar-refractivity contribution in [3.63, 3.8) is 0 Å². The van der Waals surface area contributed by atoms with Crippen LogP contribution < -0.4 is 14.8 Å². The fourth-order valence-electron chi connectivity index (χ4n) is 2.83. The molecule has 2 atom stereocenters. The monoisotopic (exact) mass is 292 g/mol. The van der Waals surface area contributed by atoms with Crippen molar-refractivity contribution in [2.75, 3.05) is 27.3 Å². The Kier molecular flexibility index (Phi) is 5.12. The van der Waals surface area contributed by atoms with E-state index >= 15 is 0 Å². The van der Waals surface area contributed by atoms with Gasteiger partial charge in [-0.25, -0.2) is 0 Å². The zero-order valence-corrected chi connectivity index (χ0v) is 13.9. The standard InChI is InChI=1S/C17H28N2O2/c1-6-17(3)12-19(13(2)10-18-17)11-14-7-8-15(20-4)9-16(14)21-5/h7-9,13,18H,6,10-12H2,1-5H3. The Morgan fingerprint density at radius 1 is 1.33 bits per heavy atom. The van der Waals surface area contributed by atoms with Crippen LogP contribution in [0.15, 0.2) is 18.2 Å². The van der Waals surface area contributed by atoms with Gasteiger partial charge in [-0.05, 0) is 26.3 Å². The van der Waals surface area contributed by atoms with Crippen LogP contribution in [-0.2, 0) is 6.54 Å². The Hall–Kier alpha value is -1.26. The van der Waals surface area contributed by atoms with Gasteiger partial charge in [0.25, 0.3) is 0 Å². The Labute approximate surface area is 128 Å². The minimum absolute atomic E-state index is 0.201. The van der Waals surface area contributed by atoms with Crippen molar-refractivity contribution < 1.29 is 9.47 Å². The molecule has 0 radical (unpaired) electrons. The third kappa shape index (κ3) is 3.69. The third-order valence-electron chi connectivity index (χ3n) is 4.65. The highest BCUT2D eigenvalue weighted by Crippen LogP contribution is 2.28. The number of benzene rings is 1. The number of methoxy groups -OCH3 is 2. The third-order valence-corrected chi connectivity index (χ3v) is 4.65. The summed E-state index contributed by atoms with van der Waals surface area (Å²) in [5.74, 6) is 1.74. The number of hydrogen-bond acceptors (Lipinski definition) is 4. The predicted octanol–water partition coefficient (Wildman–Crippen LogP) is 2.67. The van der Waals surface area contributed by atoms with Crippen molar-refractivity contribution in [1.29, 1.82) is 0 Å². The van der Waals surface area contributed by atoms with E-state index in [1.54, 1.807) is 14.2 Å². The Morgan fingerprint density at radius 2 is 2.10 bits per heavy atom. The maximum atomic E-state index is 5.52. The van der Waals surface area contributed by atoms with Gasteiger partial charge in [0.05, 0.1) is 14.2 Å². The van der Waals surface area contributed by atoms with Crippen molar-refractivity contribution in [3.05, 3.63) is 23.8 Å². The molecule has 0 saturated carbocycles. The summed E-state index contributed by atoms with van der Waals surface area (Å²) in [5, 5.41) is 3.66. The molecule has 118 valence electrons. The number of piperazine rings is 1. The topological polar surface area (TPSA) is 33.7 Å². The van der Waals surface area contributed by atoms with Crippen molar-refractivity contribution in [2.45, 2.75) is 45.3 Å². The van der Waals surface area contributed by atoms with Crippen LogP contribution in [0.5, 0.6) is 11.5 Å². The molecule has 1 aromatic carbocycles. The predicted molar refractivity (Wildman–Crippen MR) is 86.1 cm³/mol. The molecular formula is C17H28N2O2. The summed E-state index contributed by atoms with van der Waals surface area (Å²) < 4.78 is 10.8. The maximum absolute atomic E-state index is 5.52. The van der Waals surface area contributed by atoms with Gasteiger partial charge in [-0.3, -0.25) is 4.90 Å². The van der Waals surface area contributed by atoms with E-state index in [0.717, 1.165) is 37.6 Å². The van der Waals surface area contributed by atoms with E-state index in [0.29, 0.717) is 6.04 Å². The van der Waals surface area contributed by atoms with Crippen LogP contribution in [0.25, 0.3) is 0 Å². The first kappa shape index (κ1) is 16.1. The Morgan fingerprint density at radius 3 is 2.71 bits per heavy atom. The number of ether oxygens (including phenoxy) is 2. The molecule has 1 N–H and O–H groups in total. The van der Waals surface area contributed by atoms with Gasteiger partial charge in [0.1, 0.15) is 11.5 Å². The molecule has 4 nitrogen and oxygen atoms in total. The SMILES string of the molecule is CCC1(C)CN(Cc2ccc(OC)cc2OC)C(C)CN1. The van der Waals surface area contributed by atoms with E-state index in [1.165, 1.54) is 5.56 Å². The average Bonchev–Trinajstić information content (AvgIpc) is 2.51. The van der Waals surface area contributed by atoms with Gasteiger partial charge in [-0.2, -0.15) is 0 Å². The first-order valence-electron chi connectivity index (χ1n) is 7.71. The Bertz CT molecular complexity index is 478. The fourth-order valence-corrected chi connectivity index (χ4v) is 2.83. The van der Waals surface area contributed by atoms with Crippen LogP contribution in [-0.4, -0.2) is 43.8 Å². The molecule has 0 aromatic heterocycles. The van der Waals surface area contributed by atoms with Crippen molar-refractivity contribution >= 4 is 0 Å². The molecule has 1 aromatic rings. The lowest BCUT2D eigenvalue weighted by atomic mass is 9.93. The molecule has 1 aliphatic rings. The highest BCUT2D eigenvalue weighted by atomic mass is 16.5. The summed E-state index contributed by atoms with van der Waals surface area (Å²) in [4.78, 5) is 2.53. The molecule has 1 heterocycles. The van der Waals surface area contributed by atoms with E-state index in [4.69, 9.17) is 9.47 Å². The number of nitrogens with one attached hydrogen (secondary N) is 1. The van der Waals surface area contributed by atoms with Crippen LogP contribution >= 0.6 is 0 Å². The van der Waals surface area contributed by atoms with Crippen LogP contribution in [0.1, 0.15) is 32.8 Å². The average molecular weight is 292 g/mol. The second-order valence-electron chi connectivity index (χ2n) is 6.23. The van der Waals surface area contributed by atoms with E-state index in [9.17, 15) is 0 Å². The molecule has 1 fully saturated rings. The number of hydrogen-bond donors (Lipinski definition) is 1. The molecule has 2 rings (SSSR count). The van der Waals surface area contributed by atoms with E-state index in [1.807, 2.05) is 12.1 Å². The van der Waals surface area contributed by atoms with E-state index < -0.39 is 0 Å². The first-order chi connectivity index (χ1) is 10.0. The Balaban J connectivity index is 2.16. The zero-order chi connectivity index (χ0) is 15.5. The van der Waals surface area contributed by atoms with Crippen LogP contribution in [0.2, 0.25) is 0 Å². The summed E-state index contributed by atoms with van der Waals surface area (Å²) in [6.45, 7) is 9.82. The molecule has 21 heavy (non-hydrogen) atoms. The molecule has 0 amide bonds. The summed E-state index contributed by atoms with van der Waals surface area (Å²) in [6, 6.07) is 6.59. The second kappa shape index (κ2) is 6.67. The molecule has 0 bridgehead atoms. The second-order valence-corrected chi connectivity index (χ2v) is 6.23. The summed E-state index contributed by atoms with van der Waals surface area (Å²) in [6.07, 6.45) is 1.13. The highest BCUT2D eigenvalue weighted by Gasteiger charge is 2.32. The maximum Gasteiger partial charge on any atom is 0.127 e. The normalized spacial score (nSPS) is 26.6. The van der Waals surface area contributed by atoms with Crippen molar-refractivity contribution in [2.24, 2.45) is 0 Å². The van der Waals surface area contributed by atoms with Crippen molar-refractivity contribution in [3.8, 4) is 11.5 Å². The minimum atomic E-state index is 0.201. The van der Waals surface area contributed by atoms with Gasteiger partial charge in [0.15, 0.2) is 0 Å². The first-order valence-corrected chi connectivity index (χ1v) is 7.71. The number of nitrogens with zero attached hydrogens (tertiary/aromatic N) is 1. The lowest BCUT2D eigenvalue weighted by Crippen LogP contribution is -2.61. The number of rotatable bonds is 5. The van der Waals surface area contributed by atoms with Gasteiger partial charge in [-0.1, -0.05) is 13.0 Å². The van der Waals surface area contributed by atoms with Crippen LogP contribution in [0.4, 0.5) is 0 Å². The lowest BCUT2D eigenvalue weighted by Gasteiger charge is -2.45. The van der Waals surface area contributed by atoms with E-state index in [2.05, 4.69) is 37.1 Å². The molecule has 2 unspecified atom stereocenters. The smallest absolute Gasteiger partial charge is 0.127 e. The van der Waals surface area contributed by atoms with Crippen LogP contribution in [0, 0.1) is 0 Å². The summed E-state index contributed by atoms with van der Waals surface area (Å²) in [5.41, 5.74) is 1.41. The molecule has 1 aliphatic heterocycles. The largest absolute Gasteiger partial charge is 0.497 e. The zero-order valence-electron chi connectivity index (χ0n) is 13.9. The van der Waals surface area contributed by atoms with Gasteiger partial charge in [0, 0.05) is 42.8 Å². The van der Waals surface area contributed by atoms with Crippen LogP contribution in [0.3, 0.4) is 0 Å². The lowest BCUT2D eigenvalue weighted by molar-refractivity contribution is 0.0858. The fraction of sp³-hybridized carbons (Fsp3) is 0.647. The summed E-state index contributed by atoms with van der Waals surface area (Å²) >= 11 is 0. The summed E-state index contributed by atoms with van der Waals surface area (Å²) in [7, 11) is 3.40.